The summed E-state index contributed by atoms with van der Waals surface area (Å²) in [6.45, 7) is 0.635. The molecule has 80 valence electrons. The van der Waals surface area contributed by atoms with Crippen LogP contribution < -0.4 is 10.6 Å². The van der Waals surface area contributed by atoms with Gasteiger partial charge in [-0.2, -0.15) is 0 Å². The highest BCUT2D eigenvalue weighted by atomic mass is 32.2. The Balaban J connectivity index is 2.33. The zero-order valence-corrected chi connectivity index (χ0v) is 9.46. The second kappa shape index (κ2) is 4.24. The van der Waals surface area contributed by atoms with Crippen LogP contribution in [0.15, 0.2) is 29.2 Å². The number of carbonyl (C=O) groups is 1. The topological polar surface area (TPSA) is 46.3 Å². The van der Waals surface area contributed by atoms with Gasteiger partial charge in [0.25, 0.3) is 0 Å². The summed E-state index contributed by atoms with van der Waals surface area (Å²) in [4.78, 5) is 14.6. The second-order valence-electron chi connectivity index (χ2n) is 3.64. The molecule has 1 atom stereocenters. The van der Waals surface area contributed by atoms with Crippen molar-refractivity contribution in [2.24, 2.45) is 5.73 Å². The number of nitrogens with zero attached hydrogens (tertiary/aromatic N) is 1. The van der Waals surface area contributed by atoms with Crippen LogP contribution in [0, 0.1) is 0 Å². The van der Waals surface area contributed by atoms with Crippen LogP contribution in [0.3, 0.4) is 0 Å². The molecule has 3 nitrogen and oxygen atoms in total. The molecule has 0 aromatic heterocycles. The number of anilines is 1. The van der Waals surface area contributed by atoms with E-state index in [1.807, 2.05) is 30.5 Å². The van der Waals surface area contributed by atoms with E-state index < -0.39 is 0 Å². The summed E-state index contributed by atoms with van der Waals surface area (Å²) >= 11 is 1.65. The molecule has 1 unspecified atom stereocenters. The molecule has 15 heavy (non-hydrogen) atoms. The van der Waals surface area contributed by atoms with Gasteiger partial charge in [-0.3, -0.25) is 4.79 Å². The number of rotatable bonds is 2. The van der Waals surface area contributed by atoms with Gasteiger partial charge < -0.3 is 10.6 Å². The Kier molecular flexibility index (Phi) is 2.98. The molecular weight excluding hydrogens is 208 g/mol. The summed E-state index contributed by atoms with van der Waals surface area (Å²) in [5.41, 5.74) is 6.76. The van der Waals surface area contributed by atoms with E-state index in [1.165, 1.54) is 0 Å². The van der Waals surface area contributed by atoms with Crippen molar-refractivity contribution in [3.8, 4) is 0 Å². The third kappa shape index (κ3) is 2.01. The van der Waals surface area contributed by atoms with E-state index >= 15 is 0 Å². The number of nitrogens with two attached hydrogens (primary N) is 1. The fraction of sp³-hybridized carbons (Fsp3) is 0.364. The molecule has 0 spiro atoms. The van der Waals surface area contributed by atoms with Crippen LogP contribution in [0.1, 0.15) is 6.42 Å². The Hall–Kier alpha value is -1.00. The van der Waals surface area contributed by atoms with Crippen molar-refractivity contribution in [3.05, 3.63) is 24.3 Å². The van der Waals surface area contributed by atoms with Gasteiger partial charge in [-0.15, -0.1) is 11.8 Å². The van der Waals surface area contributed by atoms with E-state index in [0.29, 0.717) is 13.0 Å². The maximum absolute atomic E-state index is 11.7. The Morgan fingerprint density at radius 2 is 2.20 bits per heavy atom. The van der Waals surface area contributed by atoms with Crippen molar-refractivity contribution in [1.82, 2.24) is 0 Å². The van der Waals surface area contributed by atoms with Crippen LogP contribution in [-0.2, 0) is 4.79 Å². The minimum atomic E-state index is -0.0209. The highest BCUT2D eigenvalue weighted by molar-refractivity contribution is 7.98. The van der Waals surface area contributed by atoms with Crippen molar-refractivity contribution in [2.75, 3.05) is 17.7 Å². The molecule has 2 N–H and O–H groups in total. The summed E-state index contributed by atoms with van der Waals surface area (Å²) in [5, 5.41) is 0. The van der Waals surface area contributed by atoms with Crippen molar-refractivity contribution >= 4 is 23.4 Å². The van der Waals surface area contributed by atoms with E-state index in [0.717, 1.165) is 10.6 Å². The van der Waals surface area contributed by atoms with Crippen LogP contribution in [0.5, 0.6) is 0 Å². The smallest absolute Gasteiger partial charge is 0.228 e. The van der Waals surface area contributed by atoms with Crippen molar-refractivity contribution in [3.63, 3.8) is 0 Å². The first-order valence-electron chi connectivity index (χ1n) is 4.91. The molecule has 0 aliphatic carbocycles. The van der Waals surface area contributed by atoms with E-state index in [-0.39, 0.29) is 11.9 Å². The van der Waals surface area contributed by atoms with Gasteiger partial charge in [0.1, 0.15) is 0 Å². The monoisotopic (exact) mass is 222 g/mol. The summed E-state index contributed by atoms with van der Waals surface area (Å²) < 4.78 is 0. The Bertz CT molecular complexity index is 381. The number of hydrogen-bond donors (Lipinski definition) is 1. The largest absolute Gasteiger partial charge is 0.326 e. The zero-order chi connectivity index (χ0) is 10.8. The van der Waals surface area contributed by atoms with Crippen LogP contribution >= 0.6 is 11.8 Å². The van der Waals surface area contributed by atoms with Gasteiger partial charge in [0.05, 0.1) is 5.69 Å². The summed E-state index contributed by atoms with van der Waals surface area (Å²) in [5.74, 6) is 0.129. The second-order valence-corrected chi connectivity index (χ2v) is 4.49. The lowest BCUT2D eigenvalue weighted by Crippen LogP contribution is -2.28. The first-order valence-corrected chi connectivity index (χ1v) is 6.14. The Labute approximate surface area is 93.6 Å². The summed E-state index contributed by atoms with van der Waals surface area (Å²) in [6.07, 6.45) is 2.47. The average Bonchev–Trinajstić information content (AvgIpc) is 2.57. The molecule has 4 heteroatoms. The minimum Gasteiger partial charge on any atom is -0.326 e. The normalized spacial score (nSPS) is 21.1. The van der Waals surface area contributed by atoms with Crippen LogP contribution in [0.4, 0.5) is 5.69 Å². The van der Waals surface area contributed by atoms with Crippen molar-refractivity contribution in [1.29, 1.82) is 0 Å². The Morgan fingerprint density at radius 1 is 1.47 bits per heavy atom. The Morgan fingerprint density at radius 3 is 2.80 bits per heavy atom. The van der Waals surface area contributed by atoms with Gasteiger partial charge in [0.2, 0.25) is 5.91 Å². The molecule has 2 rings (SSSR count). The standard InChI is InChI=1S/C11H14N2OS/c1-15-10-5-3-2-4-9(10)13-7-8(12)6-11(13)14/h2-5,8H,6-7,12H2,1H3. The van der Waals surface area contributed by atoms with Gasteiger partial charge in [-0.05, 0) is 18.4 Å². The predicted octanol–water partition coefficient (Wildman–Crippen LogP) is 1.47. The highest BCUT2D eigenvalue weighted by Gasteiger charge is 2.29. The molecule has 1 aliphatic heterocycles. The van der Waals surface area contributed by atoms with Crippen LogP contribution in [0.25, 0.3) is 0 Å². The maximum atomic E-state index is 11.7. The van der Waals surface area contributed by atoms with Gasteiger partial charge in [0, 0.05) is 23.9 Å². The van der Waals surface area contributed by atoms with Crippen LogP contribution in [0.2, 0.25) is 0 Å². The molecule has 0 bridgehead atoms. The first-order chi connectivity index (χ1) is 7.22. The number of hydrogen-bond acceptors (Lipinski definition) is 3. The quantitative estimate of drug-likeness (QED) is 0.771. The molecule has 1 aliphatic rings. The maximum Gasteiger partial charge on any atom is 0.228 e. The number of carbonyl (C=O) groups excluding carboxylic acids is 1. The number of para-hydroxylation sites is 1. The number of benzene rings is 1. The van der Waals surface area contributed by atoms with Gasteiger partial charge >= 0.3 is 0 Å². The molecule has 1 fully saturated rings. The predicted molar refractivity (Wildman–Crippen MR) is 63.2 cm³/mol. The molecule has 1 aromatic carbocycles. The molecule has 0 saturated carbocycles. The third-order valence-electron chi connectivity index (χ3n) is 2.53. The van der Waals surface area contributed by atoms with Gasteiger partial charge in [-0.1, -0.05) is 12.1 Å². The van der Waals surface area contributed by atoms with E-state index in [1.54, 1.807) is 16.7 Å². The third-order valence-corrected chi connectivity index (χ3v) is 3.32. The number of amides is 1. The highest BCUT2D eigenvalue weighted by Crippen LogP contribution is 2.30. The average molecular weight is 222 g/mol. The summed E-state index contributed by atoms with van der Waals surface area (Å²) in [6, 6.07) is 7.91. The summed E-state index contributed by atoms with van der Waals surface area (Å²) in [7, 11) is 0. The first kappa shape index (κ1) is 10.5. The molecule has 1 aromatic rings. The lowest BCUT2D eigenvalue weighted by Gasteiger charge is -2.18. The molecule has 1 saturated heterocycles. The lowest BCUT2D eigenvalue weighted by molar-refractivity contribution is -0.117. The van der Waals surface area contributed by atoms with Crippen molar-refractivity contribution < 1.29 is 4.79 Å². The molecular formula is C11H14N2OS. The minimum absolute atomic E-state index is 0.0209. The fourth-order valence-corrected chi connectivity index (χ4v) is 2.42. The van der Waals surface area contributed by atoms with Gasteiger partial charge in [-0.25, -0.2) is 0 Å². The van der Waals surface area contributed by atoms with E-state index in [4.69, 9.17) is 5.73 Å². The lowest BCUT2D eigenvalue weighted by atomic mass is 10.3. The van der Waals surface area contributed by atoms with E-state index in [9.17, 15) is 4.79 Å². The molecule has 0 radical (unpaired) electrons. The van der Waals surface area contributed by atoms with Crippen LogP contribution in [-0.4, -0.2) is 24.7 Å². The number of thioether (sulfide) groups is 1. The fourth-order valence-electron chi connectivity index (χ4n) is 1.82. The van der Waals surface area contributed by atoms with Gasteiger partial charge in [0.15, 0.2) is 0 Å². The SMILES string of the molecule is CSc1ccccc1N1CC(N)CC1=O. The van der Waals surface area contributed by atoms with E-state index in [2.05, 4.69) is 0 Å². The zero-order valence-electron chi connectivity index (χ0n) is 8.64. The molecule has 1 heterocycles. The van der Waals surface area contributed by atoms with Crippen molar-refractivity contribution in [2.45, 2.75) is 17.4 Å². The molecule has 1 amide bonds.